The van der Waals surface area contributed by atoms with Crippen molar-refractivity contribution in [3.05, 3.63) is 149 Å². The van der Waals surface area contributed by atoms with Crippen molar-refractivity contribution >= 4 is 34.7 Å². The minimum Gasteiger partial charge on any atom is -0.496 e. The summed E-state index contributed by atoms with van der Waals surface area (Å²) in [6.45, 7) is 0.377. The second-order valence-corrected chi connectivity index (χ2v) is 12.1. The number of benzene rings is 4. The molecule has 44 heavy (non-hydrogen) atoms. The number of halogens is 1. The molecule has 0 fully saturated rings. The van der Waals surface area contributed by atoms with Crippen molar-refractivity contribution in [1.82, 2.24) is 4.57 Å². The average Bonchev–Trinajstić information content (AvgIpc) is 3.37. The zero-order valence-electron chi connectivity index (χ0n) is 24.2. The van der Waals surface area contributed by atoms with Gasteiger partial charge in [0, 0.05) is 16.1 Å². The van der Waals surface area contributed by atoms with Crippen molar-refractivity contribution in [2.24, 2.45) is 4.99 Å². The highest BCUT2D eigenvalue weighted by Crippen LogP contribution is 2.43. The lowest BCUT2D eigenvalue weighted by molar-refractivity contribution is 0.284. The molecule has 4 aromatic carbocycles. The van der Waals surface area contributed by atoms with Crippen LogP contribution in [0.1, 0.15) is 40.3 Å². The number of allylic oxidation sites excluding steroid dienone is 1. The Balaban J connectivity index is 1.32. The largest absolute Gasteiger partial charge is 0.496 e. The van der Waals surface area contributed by atoms with Gasteiger partial charge in [0.1, 0.15) is 12.4 Å². The summed E-state index contributed by atoms with van der Waals surface area (Å²) in [6, 6.07) is 29.2. The first-order chi connectivity index (χ1) is 21.5. The Kier molecular flexibility index (Phi) is 7.58. The predicted octanol–water partition coefficient (Wildman–Crippen LogP) is 6.57. The van der Waals surface area contributed by atoms with Crippen LogP contribution in [0, 0.1) is 0 Å². The Bertz CT molecular complexity index is 2100. The molecular weight excluding hydrogens is 592 g/mol. The van der Waals surface area contributed by atoms with E-state index in [4.69, 9.17) is 30.8 Å². The lowest BCUT2D eigenvalue weighted by Gasteiger charge is -2.31. The molecule has 2 aliphatic rings. The SMILES string of the molecule is COc1cc(/C=c2\sc3n(c2=O)[C@H](c2ccccc2OC)C2=C(N=3)c3ccccc3CC2)ccc1OCc1ccc(Cl)cc1. The Morgan fingerprint density at radius 3 is 2.50 bits per heavy atom. The lowest BCUT2D eigenvalue weighted by Crippen LogP contribution is -2.39. The Hall–Kier alpha value is -4.59. The zero-order chi connectivity index (χ0) is 30.2. The molecule has 0 unspecified atom stereocenters. The average molecular weight is 621 g/mol. The van der Waals surface area contributed by atoms with Crippen LogP contribution >= 0.6 is 22.9 Å². The summed E-state index contributed by atoms with van der Waals surface area (Å²) in [5.74, 6) is 1.95. The molecule has 1 atom stereocenters. The fourth-order valence-corrected chi connectivity index (χ4v) is 7.10. The van der Waals surface area contributed by atoms with Crippen molar-refractivity contribution in [1.29, 1.82) is 0 Å². The van der Waals surface area contributed by atoms with E-state index in [1.807, 2.05) is 83.4 Å². The third-order valence-corrected chi connectivity index (χ3v) is 9.33. The molecule has 0 spiro atoms. The van der Waals surface area contributed by atoms with Gasteiger partial charge in [-0.15, -0.1) is 0 Å². The van der Waals surface area contributed by atoms with Crippen molar-refractivity contribution in [2.75, 3.05) is 14.2 Å². The molecule has 0 amide bonds. The van der Waals surface area contributed by atoms with Gasteiger partial charge in [-0.2, -0.15) is 0 Å². The molecule has 1 aromatic heterocycles. The van der Waals surface area contributed by atoms with Gasteiger partial charge >= 0.3 is 0 Å². The summed E-state index contributed by atoms with van der Waals surface area (Å²) in [6.07, 6.45) is 3.61. The Morgan fingerprint density at radius 1 is 0.909 bits per heavy atom. The topological polar surface area (TPSA) is 62.0 Å². The normalized spacial score (nSPS) is 15.6. The quantitative estimate of drug-likeness (QED) is 0.207. The number of thiazole rings is 1. The van der Waals surface area contributed by atoms with E-state index in [2.05, 4.69) is 18.2 Å². The van der Waals surface area contributed by atoms with Crippen LogP contribution in [0.15, 0.2) is 106 Å². The van der Waals surface area contributed by atoms with E-state index in [0.29, 0.717) is 32.5 Å². The van der Waals surface area contributed by atoms with Gasteiger partial charge in [0.15, 0.2) is 16.3 Å². The molecule has 220 valence electrons. The van der Waals surface area contributed by atoms with Crippen LogP contribution in [0.4, 0.5) is 0 Å². The third kappa shape index (κ3) is 5.12. The fourth-order valence-electron chi connectivity index (χ4n) is 5.98. The van der Waals surface area contributed by atoms with Gasteiger partial charge in [-0.1, -0.05) is 83.6 Å². The predicted molar refractivity (Wildman–Crippen MR) is 175 cm³/mol. The summed E-state index contributed by atoms with van der Waals surface area (Å²) < 4.78 is 19.9. The van der Waals surface area contributed by atoms with Crippen molar-refractivity contribution in [2.45, 2.75) is 25.5 Å². The molecule has 6 nitrogen and oxygen atoms in total. The third-order valence-electron chi connectivity index (χ3n) is 8.10. The first-order valence-electron chi connectivity index (χ1n) is 14.4. The molecule has 0 N–H and O–H groups in total. The van der Waals surface area contributed by atoms with Crippen LogP contribution in [-0.2, 0) is 13.0 Å². The minimum absolute atomic E-state index is 0.0860. The van der Waals surface area contributed by atoms with Gasteiger partial charge in [0.2, 0.25) is 0 Å². The Morgan fingerprint density at radius 2 is 1.68 bits per heavy atom. The van der Waals surface area contributed by atoms with E-state index in [1.165, 1.54) is 16.9 Å². The van der Waals surface area contributed by atoms with E-state index >= 15 is 0 Å². The van der Waals surface area contributed by atoms with Crippen LogP contribution in [-0.4, -0.2) is 18.8 Å². The van der Waals surface area contributed by atoms with Gasteiger partial charge in [-0.3, -0.25) is 9.36 Å². The number of methoxy groups -OCH3 is 2. The van der Waals surface area contributed by atoms with Crippen LogP contribution in [0.5, 0.6) is 17.2 Å². The molecule has 0 radical (unpaired) electrons. The van der Waals surface area contributed by atoms with E-state index in [1.54, 1.807) is 14.2 Å². The monoisotopic (exact) mass is 620 g/mol. The van der Waals surface area contributed by atoms with Crippen molar-refractivity contribution < 1.29 is 14.2 Å². The molecule has 0 saturated carbocycles. The fraction of sp³-hybridized carbons (Fsp3) is 0.167. The second kappa shape index (κ2) is 11.8. The van der Waals surface area contributed by atoms with Gasteiger partial charge < -0.3 is 14.2 Å². The molecule has 8 heteroatoms. The summed E-state index contributed by atoms with van der Waals surface area (Å²) in [4.78, 5) is 20.0. The van der Waals surface area contributed by atoms with Gasteiger partial charge in [0.25, 0.3) is 5.56 Å². The molecule has 1 aliphatic heterocycles. The summed E-state index contributed by atoms with van der Waals surface area (Å²) >= 11 is 7.40. The number of nitrogens with zero attached hydrogens (tertiary/aromatic N) is 2. The molecular formula is C36H29ClN2O4S. The highest BCUT2D eigenvalue weighted by atomic mass is 35.5. The van der Waals surface area contributed by atoms with Crippen LogP contribution in [0.25, 0.3) is 11.8 Å². The van der Waals surface area contributed by atoms with Crippen LogP contribution in [0.3, 0.4) is 0 Å². The maximum atomic E-state index is 14.2. The summed E-state index contributed by atoms with van der Waals surface area (Å²) in [5, 5.41) is 0.681. The number of fused-ring (bicyclic) bond motifs is 3. The number of aryl methyl sites for hydroxylation is 1. The smallest absolute Gasteiger partial charge is 0.271 e. The van der Waals surface area contributed by atoms with Crippen LogP contribution in [0.2, 0.25) is 5.02 Å². The number of rotatable bonds is 7. The lowest BCUT2D eigenvalue weighted by atomic mass is 9.83. The Labute approximate surface area is 263 Å². The standard InChI is InChI=1S/C36H29ClN2O4S/c1-41-29-10-6-5-9-27(29)34-28-17-14-24-7-3-4-8-26(24)33(28)38-36-39(34)35(40)32(44-36)20-23-13-18-30(31(19-23)42-2)43-21-22-11-15-25(37)16-12-22/h3-13,15-16,18-20,34H,14,17,21H2,1-2H3/b32-20-/t34-/m1/s1. The van der Waals surface area contributed by atoms with E-state index in [-0.39, 0.29) is 11.6 Å². The molecule has 0 bridgehead atoms. The van der Waals surface area contributed by atoms with E-state index < -0.39 is 0 Å². The van der Waals surface area contributed by atoms with Gasteiger partial charge in [0.05, 0.1) is 30.5 Å². The zero-order valence-corrected chi connectivity index (χ0v) is 25.8. The number of hydrogen-bond acceptors (Lipinski definition) is 6. The number of aromatic nitrogens is 1. The maximum Gasteiger partial charge on any atom is 0.271 e. The molecule has 1 aliphatic carbocycles. The number of ether oxygens (including phenoxy) is 3. The van der Waals surface area contributed by atoms with Crippen molar-refractivity contribution in [3.63, 3.8) is 0 Å². The highest BCUT2D eigenvalue weighted by molar-refractivity contribution is 7.07. The van der Waals surface area contributed by atoms with Gasteiger partial charge in [-0.25, -0.2) is 4.99 Å². The molecule has 7 rings (SSSR count). The van der Waals surface area contributed by atoms with Crippen LogP contribution < -0.4 is 29.1 Å². The highest BCUT2D eigenvalue weighted by Gasteiger charge is 2.34. The summed E-state index contributed by atoms with van der Waals surface area (Å²) in [5.41, 5.74) is 7.19. The maximum absolute atomic E-state index is 14.2. The first-order valence-corrected chi connectivity index (χ1v) is 15.5. The minimum atomic E-state index is -0.314. The van der Waals surface area contributed by atoms with Crippen molar-refractivity contribution in [3.8, 4) is 17.2 Å². The number of para-hydroxylation sites is 1. The number of hydrogen-bond donors (Lipinski definition) is 0. The second-order valence-electron chi connectivity index (χ2n) is 10.7. The molecule has 0 saturated heterocycles. The molecule has 2 heterocycles. The van der Waals surface area contributed by atoms with E-state index in [9.17, 15) is 4.79 Å². The molecule has 5 aromatic rings. The summed E-state index contributed by atoms with van der Waals surface area (Å²) in [7, 11) is 3.28. The van der Waals surface area contributed by atoms with Gasteiger partial charge in [-0.05, 0) is 71.5 Å². The van der Waals surface area contributed by atoms with E-state index in [0.717, 1.165) is 52.1 Å². The first kappa shape index (κ1) is 28.2.